The van der Waals surface area contributed by atoms with Gasteiger partial charge < -0.3 is 10.8 Å². The maximum atomic E-state index is 11.9. The third-order valence-electron chi connectivity index (χ3n) is 2.96. The fourth-order valence-electron chi connectivity index (χ4n) is 1.80. The summed E-state index contributed by atoms with van der Waals surface area (Å²) in [6.45, 7) is 4.13. The van der Waals surface area contributed by atoms with Gasteiger partial charge in [0.05, 0.1) is 5.69 Å². The highest BCUT2D eigenvalue weighted by Crippen LogP contribution is 2.16. The summed E-state index contributed by atoms with van der Waals surface area (Å²) in [6, 6.07) is 7.28. The van der Waals surface area contributed by atoms with Crippen LogP contribution in [-0.4, -0.2) is 20.9 Å². The molecule has 6 heteroatoms. The Hall–Kier alpha value is -2.50. The normalized spacial score (nSPS) is 10.9. The summed E-state index contributed by atoms with van der Waals surface area (Å²) < 4.78 is 1.13. The minimum absolute atomic E-state index is 0.291. The second-order valence-corrected chi connectivity index (χ2v) is 4.59. The number of aromatic nitrogens is 2. The number of carboxylic acid groups (broad SMARTS) is 1. The first-order valence-corrected chi connectivity index (χ1v) is 5.86. The predicted octanol–water partition coefficient (Wildman–Crippen LogP) is 1.57. The molecule has 100 valence electrons. The van der Waals surface area contributed by atoms with Gasteiger partial charge >= 0.3 is 5.97 Å². The van der Waals surface area contributed by atoms with E-state index in [0.717, 1.165) is 10.2 Å². The maximum absolute atomic E-state index is 11.9. The quantitative estimate of drug-likeness (QED) is 0.780. The van der Waals surface area contributed by atoms with E-state index in [1.807, 2.05) is 12.1 Å². The number of hydrogen-bond acceptors (Lipinski definition) is 3. The lowest BCUT2D eigenvalue weighted by Crippen LogP contribution is -2.16. The Kier molecular flexibility index (Phi) is 3.16. The number of nitrogens with two attached hydrogens (primary N) is 1. The highest BCUT2D eigenvalue weighted by Gasteiger charge is 2.17. The van der Waals surface area contributed by atoms with Gasteiger partial charge in [0.25, 0.3) is 5.56 Å². The van der Waals surface area contributed by atoms with Crippen LogP contribution in [0.15, 0.2) is 29.1 Å². The first-order valence-electron chi connectivity index (χ1n) is 5.86. The Balaban J connectivity index is 2.50. The number of nitrogen functional groups attached to an aromatic ring is 1. The number of benzene rings is 1. The molecule has 0 amide bonds. The Labute approximate surface area is 109 Å². The van der Waals surface area contributed by atoms with Crippen molar-refractivity contribution in [3.05, 3.63) is 45.9 Å². The molecule has 0 fully saturated rings. The standard InChI is InChI=1S/C13H15N3O3/c1-7(2)8-3-5-9(6-4-8)16-12(17)10(14)11(15-16)13(18)19/h3-7,15H,14H2,1-2H3,(H,18,19). The number of anilines is 1. The molecule has 4 N–H and O–H groups in total. The van der Waals surface area contributed by atoms with E-state index in [1.54, 1.807) is 12.1 Å². The summed E-state index contributed by atoms with van der Waals surface area (Å²) in [5.74, 6) is -0.874. The molecule has 0 aliphatic rings. The van der Waals surface area contributed by atoms with E-state index in [4.69, 9.17) is 10.8 Å². The molecular formula is C13H15N3O3. The SMILES string of the molecule is CC(C)c1ccc(-n2[nH]c(C(=O)O)c(N)c2=O)cc1. The average molecular weight is 261 g/mol. The fourth-order valence-corrected chi connectivity index (χ4v) is 1.80. The second kappa shape index (κ2) is 4.64. The lowest BCUT2D eigenvalue weighted by molar-refractivity contribution is 0.0691. The lowest BCUT2D eigenvalue weighted by Gasteiger charge is -2.06. The molecule has 2 aromatic rings. The van der Waals surface area contributed by atoms with Gasteiger partial charge in [-0.3, -0.25) is 9.89 Å². The van der Waals surface area contributed by atoms with Crippen LogP contribution in [0, 0.1) is 0 Å². The van der Waals surface area contributed by atoms with E-state index in [-0.39, 0.29) is 11.4 Å². The summed E-state index contributed by atoms with van der Waals surface area (Å²) >= 11 is 0. The van der Waals surface area contributed by atoms with Gasteiger partial charge in [0.2, 0.25) is 0 Å². The number of hydrogen-bond donors (Lipinski definition) is 3. The Morgan fingerprint density at radius 2 is 1.89 bits per heavy atom. The van der Waals surface area contributed by atoms with Gasteiger partial charge in [-0.25, -0.2) is 9.48 Å². The van der Waals surface area contributed by atoms with Crippen LogP contribution in [0.1, 0.15) is 35.8 Å². The van der Waals surface area contributed by atoms with Crippen molar-refractivity contribution in [2.75, 3.05) is 5.73 Å². The van der Waals surface area contributed by atoms with Crippen LogP contribution in [0.2, 0.25) is 0 Å². The molecule has 0 radical (unpaired) electrons. The monoisotopic (exact) mass is 261 g/mol. The molecule has 0 atom stereocenters. The highest BCUT2D eigenvalue weighted by molar-refractivity contribution is 5.91. The third kappa shape index (κ3) is 2.24. The smallest absolute Gasteiger partial charge is 0.356 e. The van der Waals surface area contributed by atoms with E-state index in [0.29, 0.717) is 11.6 Å². The summed E-state index contributed by atoms with van der Waals surface area (Å²) in [4.78, 5) is 22.8. The molecule has 1 heterocycles. The van der Waals surface area contributed by atoms with Crippen LogP contribution < -0.4 is 11.3 Å². The number of aromatic carboxylic acids is 1. The molecule has 0 saturated carbocycles. The van der Waals surface area contributed by atoms with Crippen LogP contribution in [-0.2, 0) is 0 Å². The van der Waals surface area contributed by atoms with Crippen molar-refractivity contribution < 1.29 is 9.90 Å². The number of rotatable bonds is 3. The van der Waals surface area contributed by atoms with Crippen molar-refractivity contribution in [1.29, 1.82) is 0 Å². The van der Waals surface area contributed by atoms with Gasteiger partial charge in [-0.05, 0) is 23.6 Å². The van der Waals surface area contributed by atoms with Gasteiger partial charge in [-0.15, -0.1) is 0 Å². The highest BCUT2D eigenvalue weighted by atomic mass is 16.4. The Morgan fingerprint density at radius 3 is 2.32 bits per heavy atom. The molecule has 19 heavy (non-hydrogen) atoms. The van der Waals surface area contributed by atoms with E-state index in [2.05, 4.69) is 18.9 Å². The first kappa shape index (κ1) is 12.9. The summed E-state index contributed by atoms with van der Waals surface area (Å²) in [6.07, 6.45) is 0. The minimum atomic E-state index is -1.26. The lowest BCUT2D eigenvalue weighted by atomic mass is 10.0. The molecule has 0 saturated heterocycles. The average Bonchev–Trinajstić information content (AvgIpc) is 2.67. The molecule has 0 aliphatic carbocycles. The van der Waals surface area contributed by atoms with Crippen molar-refractivity contribution >= 4 is 11.7 Å². The molecule has 6 nitrogen and oxygen atoms in total. The zero-order chi connectivity index (χ0) is 14.2. The van der Waals surface area contributed by atoms with Crippen LogP contribution >= 0.6 is 0 Å². The van der Waals surface area contributed by atoms with Crippen molar-refractivity contribution in [2.24, 2.45) is 0 Å². The maximum Gasteiger partial charge on any atom is 0.356 e. The molecule has 1 aromatic carbocycles. The van der Waals surface area contributed by atoms with Gasteiger partial charge in [-0.1, -0.05) is 26.0 Å². The molecule has 1 aromatic heterocycles. The summed E-state index contributed by atoms with van der Waals surface area (Å²) in [5, 5.41) is 11.4. The number of aromatic amines is 1. The Morgan fingerprint density at radius 1 is 1.32 bits per heavy atom. The first-order chi connectivity index (χ1) is 8.91. The number of carbonyl (C=O) groups is 1. The summed E-state index contributed by atoms with van der Waals surface area (Å²) in [7, 11) is 0. The second-order valence-electron chi connectivity index (χ2n) is 4.59. The van der Waals surface area contributed by atoms with E-state index < -0.39 is 11.5 Å². The van der Waals surface area contributed by atoms with Crippen molar-refractivity contribution in [2.45, 2.75) is 19.8 Å². The van der Waals surface area contributed by atoms with E-state index >= 15 is 0 Å². The molecule has 2 rings (SSSR count). The van der Waals surface area contributed by atoms with E-state index in [1.165, 1.54) is 0 Å². The zero-order valence-corrected chi connectivity index (χ0v) is 10.7. The minimum Gasteiger partial charge on any atom is -0.476 e. The van der Waals surface area contributed by atoms with Crippen molar-refractivity contribution in [3.63, 3.8) is 0 Å². The van der Waals surface area contributed by atoms with Gasteiger partial charge in [0, 0.05) is 0 Å². The fraction of sp³-hybridized carbons (Fsp3) is 0.231. The van der Waals surface area contributed by atoms with Crippen LogP contribution in [0.25, 0.3) is 5.69 Å². The van der Waals surface area contributed by atoms with Gasteiger partial charge in [-0.2, -0.15) is 0 Å². The third-order valence-corrected chi connectivity index (χ3v) is 2.96. The number of nitrogens with zero attached hydrogens (tertiary/aromatic N) is 1. The molecule has 0 spiro atoms. The van der Waals surface area contributed by atoms with Crippen molar-refractivity contribution in [1.82, 2.24) is 9.78 Å². The Bertz CT molecular complexity index is 665. The topological polar surface area (TPSA) is 101 Å². The number of nitrogens with one attached hydrogen (secondary N) is 1. The van der Waals surface area contributed by atoms with Crippen LogP contribution in [0.5, 0.6) is 0 Å². The van der Waals surface area contributed by atoms with Crippen LogP contribution in [0.4, 0.5) is 5.69 Å². The number of H-pyrrole nitrogens is 1. The van der Waals surface area contributed by atoms with Crippen LogP contribution in [0.3, 0.4) is 0 Å². The van der Waals surface area contributed by atoms with Crippen molar-refractivity contribution in [3.8, 4) is 5.69 Å². The predicted molar refractivity (Wildman–Crippen MR) is 71.9 cm³/mol. The van der Waals surface area contributed by atoms with E-state index in [9.17, 15) is 9.59 Å². The number of carboxylic acids is 1. The zero-order valence-electron chi connectivity index (χ0n) is 10.7. The molecule has 0 aliphatic heterocycles. The molecule has 0 bridgehead atoms. The largest absolute Gasteiger partial charge is 0.476 e. The van der Waals surface area contributed by atoms with Gasteiger partial charge in [0.1, 0.15) is 5.69 Å². The van der Waals surface area contributed by atoms with Gasteiger partial charge in [0.15, 0.2) is 5.69 Å². The summed E-state index contributed by atoms with van der Waals surface area (Å²) in [5.41, 5.74) is 6.01. The molecular weight excluding hydrogens is 246 g/mol. The molecule has 0 unspecified atom stereocenters.